The first kappa shape index (κ1) is 15.5. The van der Waals surface area contributed by atoms with Gasteiger partial charge in [0.1, 0.15) is 0 Å². The summed E-state index contributed by atoms with van der Waals surface area (Å²) in [6.07, 6.45) is 3.82. The van der Waals surface area contributed by atoms with E-state index < -0.39 is 0 Å². The Bertz CT molecular complexity index is 432. The van der Waals surface area contributed by atoms with Gasteiger partial charge in [0.2, 0.25) is 0 Å². The fraction of sp³-hybridized carbons (Fsp3) is 0.812. The molecule has 0 aliphatic carbocycles. The van der Waals surface area contributed by atoms with Gasteiger partial charge in [0.15, 0.2) is 0 Å². The van der Waals surface area contributed by atoms with Crippen LogP contribution in [0.3, 0.4) is 0 Å². The first-order valence-electron chi connectivity index (χ1n) is 8.02. The second-order valence-electron chi connectivity index (χ2n) is 6.12. The largest absolute Gasteiger partial charge is 0.315 e. The molecule has 2 heterocycles. The molecular formula is C16H30N4. The van der Waals surface area contributed by atoms with Gasteiger partial charge in [0, 0.05) is 36.9 Å². The van der Waals surface area contributed by atoms with E-state index in [0.717, 1.165) is 6.54 Å². The number of hydrogen-bond acceptors (Lipinski definition) is 3. The first-order chi connectivity index (χ1) is 9.56. The van der Waals surface area contributed by atoms with Crippen molar-refractivity contribution in [2.45, 2.75) is 59.0 Å². The smallest absolute Gasteiger partial charge is 0.0644 e. The molecule has 1 aromatic rings. The summed E-state index contributed by atoms with van der Waals surface area (Å²) < 4.78 is 2.02. The van der Waals surface area contributed by atoms with Crippen LogP contribution in [0.4, 0.5) is 0 Å². The highest BCUT2D eigenvalue weighted by Crippen LogP contribution is 2.29. The molecule has 0 aromatic carbocycles. The van der Waals surface area contributed by atoms with E-state index in [4.69, 9.17) is 0 Å². The Balaban J connectivity index is 2.23. The van der Waals surface area contributed by atoms with Crippen LogP contribution < -0.4 is 5.32 Å². The van der Waals surface area contributed by atoms with E-state index in [-0.39, 0.29) is 0 Å². The summed E-state index contributed by atoms with van der Waals surface area (Å²) in [5.74, 6) is 0. The summed E-state index contributed by atoms with van der Waals surface area (Å²) in [4.78, 5) is 2.68. The molecule has 20 heavy (non-hydrogen) atoms. The van der Waals surface area contributed by atoms with Crippen molar-refractivity contribution in [2.24, 2.45) is 7.05 Å². The lowest BCUT2D eigenvalue weighted by Crippen LogP contribution is -2.47. The van der Waals surface area contributed by atoms with Crippen LogP contribution in [0.5, 0.6) is 0 Å². The van der Waals surface area contributed by atoms with Gasteiger partial charge >= 0.3 is 0 Å². The molecule has 1 aliphatic rings. The molecule has 2 unspecified atom stereocenters. The van der Waals surface area contributed by atoms with Crippen molar-refractivity contribution in [1.29, 1.82) is 0 Å². The average molecular weight is 278 g/mol. The van der Waals surface area contributed by atoms with Crippen molar-refractivity contribution >= 4 is 0 Å². The van der Waals surface area contributed by atoms with E-state index in [1.807, 2.05) is 11.7 Å². The van der Waals surface area contributed by atoms with Crippen LogP contribution in [0.2, 0.25) is 0 Å². The lowest BCUT2D eigenvalue weighted by Gasteiger charge is -2.39. The Kier molecular flexibility index (Phi) is 5.22. The summed E-state index contributed by atoms with van der Waals surface area (Å²) in [7, 11) is 2.05. The topological polar surface area (TPSA) is 33.1 Å². The molecule has 0 radical (unpaired) electrons. The number of hydrogen-bond donors (Lipinski definition) is 1. The van der Waals surface area contributed by atoms with Crippen molar-refractivity contribution < 1.29 is 0 Å². The Morgan fingerprint density at radius 2 is 2.20 bits per heavy atom. The summed E-state index contributed by atoms with van der Waals surface area (Å²) in [6.45, 7) is 12.4. The molecule has 1 aromatic heterocycles. The lowest BCUT2D eigenvalue weighted by atomic mass is 9.99. The quantitative estimate of drug-likeness (QED) is 0.898. The second kappa shape index (κ2) is 6.72. The number of rotatable bonds is 5. The highest BCUT2D eigenvalue weighted by molar-refractivity contribution is 5.28. The summed E-state index contributed by atoms with van der Waals surface area (Å²) in [5.41, 5.74) is 3.91. The van der Waals surface area contributed by atoms with E-state index in [0.29, 0.717) is 12.1 Å². The van der Waals surface area contributed by atoms with E-state index in [9.17, 15) is 0 Å². The zero-order valence-electron chi connectivity index (χ0n) is 13.7. The molecule has 4 nitrogen and oxygen atoms in total. The van der Waals surface area contributed by atoms with Gasteiger partial charge in [-0.1, -0.05) is 6.92 Å². The maximum atomic E-state index is 4.59. The van der Waals surface area contributed by atoms with Crippen LogP contribution in [0.25, 0.3) is 0 Å². The van der Waals surface area contributed by atoms with Gasteiger partial charge in [-0.3, -0.25) is 9.58 Å². The van der Waals surface area contributed by atoms with E-state index in [1.54, 1.807) is 0 Å². The van der Waals surface area contributed by atoms with Gasteiger partial charge < -0.3 is 5.32 Å². The van der Waals surface area contributed by atoms with E-state index in [2.05, 4.69) is 43.0 Å². The number of nitrogens with one attached hydrogen (secondary N) is 1. The molecule has 4 heteroatoms. The Labute approximate surface area is 123 Å². The highest BCUT2D eigenvalue weighted by Gasteiger charge is 2.28. The molecule has 0 bridgehead atoms. The van der Waals surface area contributed by atoms with Crippen LogP contribution in [-0.4, -0.2) is 40.4 Å². The van der Waals surface area contributed by atoms with Gasteiger partial charge in [-0.2, -0.15) is 5.10 Å². The van der Waals surface area contributed by atoms with Crippen LogP contribution in [0.15, 0.2) is 0 Å². The molecule has 2 atom stereocenters. The molecular weight excluding hydrogens is 248 g/mol. The van der Waals surface area contributed by atoms with Crippen LogP contribution in [-0.2, 0) is 7.05 Å². The molecule has 1 fully saturated rings. The Morgan fingerprint density at radius 1 is 1.45 bits per heavy atom. The van der Waals surface area contributed by atoms with Crippen molar-refractivity contribution in [1.82, 2.24) is 20.0 Å². The standard InChI is InChI=1S/C16H30N4/c1-6-10-20(15-8-7-9-17-11-15)14(4)16-12(2)18-19(5)13(16)3/h14-15,17H,6-11H2,1-5H3. The Hall–Kier alpha value is -0.870. The third-order valence-corrected chi connectivity index (χ3v) is 4.70. The van der Waals surface area contributed by atoms with Crippen molar-refractivity contribution in [2.75, 3.05) is 19.6 Å². The number of piperidine rings is 1. The summed E-state index contributed by atoms with van der Waals surface area (Å²) >= 11 is 0. The predicted octanol–water partition coefficient (Wildman–Crippen LogP) is 2.56. The van der Waals surface area contributed by atoms with Crippen molar-refractivity contribution in [3.63, 3.8) is 0 Å². The fourth-order valence-electron chi connectivity index (χ4n) is 3.63. The van der Waals surface area contributed by atoms with Gasteiger partial charge in [0.05, 0.1) is 5.69 Å². The summed E-state index contributed by atoms with van der Waals surface area (Å²) in [5, 5.41) is 8.15. The lowest BCUT2D eigenvalue weighted by molar-refractivity contribution is 0.120. The monoisotopic (exact) mass is 278 g/mol. The molecule has 0 saturated carbocycles. The highest BCUT2D eigenvalue weighted by atomic mass is 15.3. The van der Waals surface area contributed by atoms with E-state index in [1.165, 1.54) is 49.3 Å². The Morgan fingerprint density at radius 3 is 2.70 bits per heavy atom. The predicted molar refractivity (Wildman–Crippen MR) is 84.0 cm³/mol. The average Bonchev–Trinajstić information content (AvgIpc) is 2.70. The molecule has 0 amide bonds. The minimum Gasteiger partial charge on any atom is -0.315 e. The van der Waals surface area contributed by atoms with E-state index >= 15 is 0 Å². The molecule has 0 spiro atoms. The molecule has 1 aliphatic heterocycles. The third kappa shape index (κ3) is 3.07. The van der Waals surface area contributed by atoms with Gasteiger partial charge in [-0.15, -0.1) is 0 Å². The molecule has 2 rings (SSSR count). The van der Waals surface area contributed by atoms with Gasteiger partial charge in [-0.05, 0) is 53.1 Å². The zero-order chi connectivity index (χ0) is 14.7. The molecule has 1 saturated heterocycles. The molecule has 114 valence electrons. The SMILES string of the molecule is CCCN(C1CCCNC1)C(C)c1c(C)nn(C)c1C. The zero-order valence-corrected chi connectivity index (χ0v) is 13.7. The van der Waals surface area contributed by atoms with Crippen molar-refractivity contribution in [3.8, 4) is 0 Å². The first-order valence-corrected chi connectivity index (χ1v) is 8.02. The van der Waals surface area contributed by atoms with Gasteiger partial charge in [-0.25, -0.2) is 0 Å². The maximum absolute atomic E-state index is 4.59. The third-order valence-electron chi connectivity index (χ3n) is 4.70. The van der Waals surface area contributed by atoms with Crippen molar-refractivity contribution in [3.05, 3.63) is 17.0 Å². The van der Waals surface area contributed by atoms with Crippen LogP contribution >= 0.6 is 0 Å². The number of aromatic nitrogens is 2. The van der Waals surface area contributed by atoms with Gasteiger partial charge in [0.25, 0.3) is 0 Å². The normalized spacial score (nSPS) is 21.4. The summed E-state index contributed by atoms with van der Waals surface area (Å²) in [6, 6.07) is 1.12. The number of nitrogens with zero attached hydrogens (tertiary/aromatic N) is 3. The van der Waals surface area contributed by atoms with Crippen LogP contribution in [0, 0.1) is 13.8 Å². The molecule has 1 N–H and O–H groups in total. The maximum Gasteiger partial charge on any atom is 0.0644 e. The second-order valence-corrected chi connectivity index (χ2v) is 6.12. The number of aryl methyl sites for hydroxylation is 2. The minimum absolute atomic E-state index is 0.452. The minimum atomic E-state index is 0.452. The van der Waals surface area contributed by atoms with Crippen LogP contribution in [0.1, 0.15) is 56.1 Å². The fourth-order valence-corrected chi connectivity index (χ4v) is 3.63.